The molecule has 0 spiro atoms. The van der Waals surface area contributed by atoms with Crippen molar-refractivity contribution in [1.29, 1.82) is 0 Å². The van der Waals surface area contributed by atoms with Crippen molar-refractivity contribution in [2.24, 2.45) is 0 Å². The Bertz CT molecular complexity index is 1200. The molecule has 40 heavy (non-hydrogen) atoms. The number of pyridine rings is 2. The van der Waals surface area contributed by atoms with Gasteiger partial charge in [-0.2, -0.15) is 0 Å². The topological polar surface area (TPSA) is 60.4 Å². The van der Waals surface area contributed by atoms with Gasteiger partial charge < -0.3 is 9.47 Å². The fourth-order valence-electron chi connectivity index (χ4n) is 4.44. The summed E-state index contributed by atoms with van der Waals surface area (Å²) in [6, 6.07) is 27.0. The Morgan fingerprint density at radius 1 is 0.475 bits per heavy atom. The van der Waals surface area contributed by atoms with E-state index in [1.807, 2.05) is 84.9 Å². The van der Waals surface area contributed by atoms with E-state index in [1.54, 1.807) is 0 Å². The predicted octanol–water partition coefficient (Wildman–Crippen LogP) is 6.26. The van der Waals surface area contributed by atoms with Gasteiger partial charge in [-0.15, -0.1) is 0 Å². The summed E-state index contributed by atoms with van der Waals surface area (Å²) >= 11 is 0. The van der Waals surface area contributed by atoms with Gasteiger partial charge in [0.05, 0.1) is 0 Å². The number of benzene rings is 2. The van der Waals surface area contributed by atoms with Crippen LogP contribution in [0.5, 0.6) is 11.5 Å². The van der Waals surface area contributed by atoms with Crippen LogP contribution in [0, 0.1) is 0 Å². The Kier molecular flexibility index (Phi) is 11.4. The number of nitrogens with zero attached hydrogens (tertiary/aromatic N) is 2. The van der Waals surface area contributed by atoms with Crippen LogP contribution < -0.4 is 18.6 Å². The molecule has 0 amide bonds. The lowest BCUT2D eigenvalue weighted by atomic mass is 10.1. The minimum atomic E-state index is -0.207. The number of aromatic nitrogens is 2. The van der Waals surface area contributed by atoms with Gasteiger partial charge in [-0.05, 0) is 61.1 Å². The number of carbonyl (C=O) groups is 2. The molecule has 206 valence electrons. The Morgan fingerprint density at radius 2 is 0.850 bits per heavy atom. The first-order chi connectivity index (χ1) is 19.7. The van der Waals surface area contributed by atoms with Gasteiger partial charge in [0.1, 0.15) is 24.6 Å². The molecule has 0 bridgehead atoms. The molecule has 2 heterocycles. The Labute approximate surface area is 236 Å². The predicted molar refractivity (Wildman–Crippen MR) is 153 cm³/mol. The summed E-state index contributed by atoms with van der Waals surface area (Å²) < 4.78 is 15.3. The molecule has 4 rings (SSSR count). The second-order valence-electron chi connectivity index (χ2n) is 9.84. The fraction of sp³-hybridized carbons (Fsp3) is 0.294. The van der Waals surface area contributed by atoms with Crippen molar-refractivity contribution in [1.82, 2.24) is 0 Å². The van der Waals surface area contributed by atoms with Crippen LogP contribution in [0.2, 0.25) is 0 Å². The number of rotatable bonds is 15. The van der Waals surface area contributed by atoms with Gasteiger partial charge in [0, 0.05) is 49.9 Å². The molecular formula is C34H38N2O4+2. The molecule has 0 aliphatic rings. The van der Waals surface area contributed by atoms with Crippen molar-refractivity contribution < 1.29 is 28.2 Å². The maximum absolute atomic E-state index is 12.2. The summed E-state index contributed by atoms with van der Waals surface area (Å²) in [7, 11) is 0. The fourth-order valence-corrected chi connectivity index (χ4v) is 4.44. The number of aryl methyl sites for hydroxylation is 2. The number of hydrogen-bond acceptors (Lipinski definition) is 4. The van der Waals surface area contributed by atoms with Crippen LogP contribution in [0.3, 0.4) is 0 Å². The number of esters is 2. The van der Waals surface area contributed by atoms with E-state index in [1.165, 1.54) is 0 Å². The van der Waals surface area contributed by atoms with Crippen LogP contribution in [0.25, 0.3) is 11.1 Å². The summed E-state index contributed by atoms with van der Waals surface area (Å²) in [5.41, 5.74) is 1.99. The Hall–Kier alpha value is -4.32. The van der Waals surface area contributed by atoms with Gasteiger partial charge in [0.25, 0.3) is 0 Å². The van der Waals surface area contributed by atoms with Crippen molar-refractivity contribution in [3.8, 4) is 22.6 Å². The van der Waals surface area contributed by atoms with Crippen LogP contribution in [0.15, 0.2) is 110 Å². The van der Waals surface area contributed by atoms with E-state index in [0.717, 1.165) is 62.7 Å². The molecule has 0 unspecified atom stereocenters. The number of carbonyl (C=O) groups excluding carboxylic acids is 2. The van der Waals surface area contributed by atoms with Gasteiger partial charge >= 0.3 is 11.9 Å². The molecule has 6 heteroatoms. The van der Waals surface area contributed by atoms with E-state index in [4.69, 9.17) is 9.47 Å². The van der Waals surface area contributed by atoms with Gasteiger partial charge in [-0.25, -0.2) is 9.13 Å². The third kappa shape index (κ3) is 10.1. The average Bonchev–Trinajstić information content (AvgIpc) is 2.99. The Balaban J connectivity index is 1.12. The van der Waals surface area contributed by atoms with Crippen molar-refractivity contribution in [2.75, 3.05) is 0 Å². The zero-order valence-corrected chi connectivity index (χ0v) is 23.0. The molecular weight excluding hydrogens is 500 g/mol. The lowest BCUT2D eigenvalue weighted by Crippen LogP contribution is -2.32. The summed E-state index contributed by atoms with van der Waals surface area (Å²) in [5.74, 6) is 0.672. The van der Waals surface area contributed by atoms with E-state index in [2.05, 4.69) is 33.9 Å². The van der Waals surface area contributed by atoms with E-state index in [-0.39, 0.29) is 11.9 Å². The highest BCUT2D eigenvalue weighted by molar-refractivity contribution is 5.74. The van der Waals surface area contributed by atoms with Crippen LogP contribution in [0.4, 0.5) is 0 Å². The van der Waals surface area contributed by atoms with Crippen LogP contribution >= 0.6 is 0 Å². The van der Waals surface area contributed by atoms with Crippen LogP contribution in [-0.2, 0) is 22.7 Å². The molecule has 4 aromatic rings. The van der Waals surface area contributed by atoms with E-state index < -0.39 is 0 Å². The van der Waals surface area contributed by atoms with E-state index >= 15 is 0 Å². The van der Waals surface area contributed by atoms with Gasteiger partial charge in [-0.3, -0.25) is 9.59 Å². The number of hydrogen-bond donors (Lipinski definition) is 0. The standard InChI is InChI=1S/C34H38N2O4/c37-33(13-5-1-7-23-35-25-9-3-10-26-35)39-31-19-15-29(16-20-31)30-17-21-32(22-18-30)40-34(38)14-6-2-8-24-36-27-11-4-12-28-36/h3-4,9-12,15-22,25-28H,1-2,5-8,13-14,23-24H2/q+2. The Morgan fingerprint density at radius 3 is 1.23 bits per heavy atom. The van der Waals surface area contributed by atoms with Gasteiger partial charge in [0.15, 0.2) is 24.8 Å². The second-order valence-corrected chi connectivity index (χ2v) is 9.84. The highest BCUT2D eigenvalue weighted by atomic mass is 16.5. The van der Waals surface area contributed by atoms with E-state index in [9.17, 15) is 9.59 Å². The smallest absolute Gasteiger partial charge is 0.311 e. The lowest BCUT2D eigenvalue weighted by Gasteiger charge is -2.08. The summed E-state index contributed by atoms with van der Waals surface area (Å²) in [6.45, 7) is 1.91. The summed E-state index contributed by atoms with van der Waals surface area (Å²) in [5, 5.41) is 0. The van der Waals surface area contributed by atoms with Gasteiger partial charge in [-0.1, -0.05) is 36.4 Å². The molecule has 0 atom stereocenters. The highest BCUT2D eigenvalue weighted by Crippen LogP contribution is 2.25. The largest absolute Gasteiger partial charge is 0.427 e. The maximum atomic E-state index is 12.2. The quantitative estimate of drug-likeness (QED) is 0.0776. The first-order valence-electron chi connectivity index (χ1n) is 14.2. The molecule has 2 aromatic heterocycles. The van der Waals surface area contributed by atoms with E-state index in [0.29, 0.717) is 24.3 Å². The third-order valence-corrected chi connectivity index (χ3v) is 6.65. The second kappa shape index (κ2) is 15.9. The molecule has 2 aromatic carbocycles. The van der Waals surface area contributed by atoms with Gasteiger partial charge in [0.2, 0.25) is 0 Å². The number of unbranched alkanes of at least 4 members (excludes halogenated alkanes) is 4. The SMILES string of the molecule is O=C(CCCCC[n+]1ccccc1)Oc1ccc(-c2ccc(OC(=O)CCCCC[n+]3ccccc3)cc2)cc1. The zero-order chi connectivity index (χ0) is 27.8. The average molecular weight is 539 g/mol. The van der Waals surface area contributed by atoms with Crippen molar-refractivity contribution in [3.05, 3.63) is 110 Å². The third-order valence-electron chi connectivity index (χ3n) is 6.65. The summed E-state index contributed by atoms with van der Waals surface area (Å²) in [6.07, 6.45) is 14.7. The molecule has 0 radical (unpaired) electrons. The minimum Gasteiger partial charge on any atom is -0.427 e. The molecule has 0 saturated heterocycles. The molecule has 0 aliphatic heterocycles. The minimum absolute atomic E-state index is 0.207. The molecule has 6 nitrogen and oxygen atoms in total. The molecule has 0 N–H and O–H groups in total. The van der Waals surface area contributed by atoms with Crippen molar-refractivity contribution in [2.45, 2.75) is 64.5 Å². The number of ether oxygens (including phenoxy) is 2. The first-order valence-corrected chi connectivity index (χ1v) is 14.2. The normalized spacial score (nSPS) is 10.7. The van der Waals surface area contributed by atoms with Crippen molar-refractivity contribution in [3.63, 3.8) is 0 Å². The highest BCUT2D eigenvalue weighted by Gasteiger charge is 2.08. The van der Waals surface area contributed by atoms with Crippen molar-refractivity contribution >= 4 is 11.9 Å². The first kappa shape index (κ1) is 28.7. The molecule has 0 aliphatic carbocycles. The monoisotopic (exact) mass is 538 g/mol. The molecule has 0 fully saturated rings. The maximum Gasteiger partial charge on any atom is 0.311 e. The van der Waals surface area contributed by atoms with Crippen LogP contribution in [-0.4, -0.2) is 11.9 Å². The summed E-state index contributed by atoms with van der Waals surface area (Å²) in [4.78, 5) is 24.4. The lowest BCUT2D eigenvalue weighted by molar-refractivity contribution is -0.697. The van der Waals surface area contributed by atoms with Crippen LogP contribution in [0.1, 0.15) is 51.4 Å². The zero-order valence-electron chi connectivity index (χ0n) is 23.0. The molecule has 0 saturated carbocycles.